The lowest BCUT2D eigenvalue weighted by Crippen LogP contribution is -2.22. The van der Waals surface area contributed by atoms with Crippen LogP contribution in [0.5, 0.6) is 0 Å². The second-order valence-corrected chi connectivity index (χ2v) is 6.68. The Morgan fingerprint density at radius 1 is 1.29 bits per heavy atom. The number of amides is 2. The molecule has 3 aliphatic rings. The van der Waals surface area contributed by atoms with Gasteiger partial charge in [0.2, 0.25) is 0 Å². The van der Waals surface area contributed by atoms with Gasteiger partial charge in [-0.15, -0.1) is 0 Å². The van der Waals surface area contributed by atoms with Crippen molar-refractivity contribution in [3.63, 3.8) is 0 Å². The van der Waals surface area contributed by atoms with Crippen molar-refractivity contribution in [2.24, 2.45) is 5.73 Å². The number of carbonyl (C=O) groups excluding carboxylic acids is 2. The molecule has 0 spiro atoms. The summed E-state index contributed by atoms with van der Waals surface area (Å²) >= 11 is 0. The highest BCUT2D eigenvalue weighted by Crippen LogP contribution is 2.24. The molecule has 1 atom stereocenters. The third-order valence-corrected chi connectivity index (χ3v) is 4.74. The van der Waals surface area contributed by atoms with Gasteiger partial charge in [-0.25, -0.2) is 5.10 Å². The number of fused-ring (bicyclic) bond motifs is 1. The van der Waals surface area contributed by atoms with Crippen LogP contribution in [0.25, 0.3) is 11.3 Å². The predicted molar refractivity (Wildman–Crippen MR) is 101 cm³/mol. The van der Waals surface area contributed by atoms with Crippen molar-refractivity contribution >= 4 is 17.5 Å². The summed E-state index contributed by atoms with van der Waals surface area (Å²) in [7, 11) is 0. The number of ether oxygens (including phenoxy) is 1. The number of carbonyl (C=O) groups is 2. The Morgan fingerprint density at radius 2 is 2.11 bits per heavy atom. The van der Waals surface area contributed by atoms with Gasteiger partial charge in [0.05, 0.1) is 28.5 Å². The zero-order chi connectivity index (χ0) is 19.7. The number of H-pyrrole nitrogens is 1. The monoisotopic (exact) mass is 381 g/mol. The molecule has 1 aromatic carbocycles. The van der Waals surface area contributed by atoms with E-state index in [1.165, 1.54) is 6.07 Å². The first-order chi connectivity index (χ1) is 13.5. The van der Waals surface area contributed by atoms with E-state index in [1.807, 2.05) is 0 Å². The number of hydrogen-bond acceptors (Lipinski definition) is 5. The number of nitrogens with two attached hydrogens (primary N) is 1. The molecule has 1 fully saturated rings. The Labute approximate surface area is 159 Å². The van der Waals surface area contributed by atoms with Gasteiger partial charge in [0.1, 0.15) is 5.69 Å². The van der Waals surface area contributed by atoms with E-state index in [9.17, 15) is 14.4 Å². The van der Waals surface area contributed by atoms with Crippen molar-refractivity contribution in [2.75, 3.05) is 11.9 Å². The minimum Gasteiger partial charge on any atom is -0.376 e. The maximum atomic E-state index is 12.9. The van der Waals surface area contributed by atoms with E-state index in [-0.39, 0.29) is 28.5 Å². The Balaban J connectivity index is 1.69. The van der Waals surface area contributed by atoms with Crippen LogP contribution in [0.4, 0.5) is 5.69 Å². The van der Waals surface area contributed by atoms with Crippen molar-refractivity contribution in [2.45, 2.75) is 25.5 Å². The third kappa shape index (κ3) is 3.39. The fraction of sp³-hybridized carbons (Fsp3) is 0.263. The first-order valence-corrected chi connectivity index (χ1v) is 8.93. The van der Waals surface area contributed by atoms with Crippen LogP contribution in [0.3, 0.4) is 0 Å². The molecule has 1 unspecified atom stereocenters. The quantitative estimate of drug-likeness (QED) is 0.611. The molecule has 0 radical (unpaired) electrons. The molecule has 2 amide bonds. The van der Waals surface area contributed by atoms with Gasteiger partial charge in [-0.2, -0.15) is 5.10 Å². The zero-order valence-corrected chi connectivity index (χ0v) is 15.0. The Bertz CT molecular complexity index is 1060. The fourth-order valence-electron chi connectivity index (χ4n) is 3.38. The van der Waals surface area contributed by atoms with Gasteiger partial charge in [-0.05, 0) is 25.0 Å². The number of rotatable bonds is 5. The van der Waals surface area contributed by atoms with Gasteiger partial charge in [0.25, 0.3) is 17.4 Å². The van der Waals surface area contributed by atoms with E-state index in [4.69, 9.17) is 10.5 Å². The molecule has 144 valence electrons. The molecular weight excluding hydrogens is 362 g/mol. The topological polar surface area (TPSA) is 132 Å². The maximum Gasteiger partial charge on any atom is 0.275 e. The summed E-state index contributed by atoms with van der Waals surface area (Å²) in [6, 6.07) is 6.45. The van der Waals surface area contributed by atoms with Crippen molar-refractivity contribution in [3.05, 3.63) is 58.1 Å². The molecule has 0 aliphatic carbocycles. The molecule has 0 aromatic heterocycles. The number of nitrogens with one attached hydrogen (secondary N) is 2. The van der Waals surface area contributed by atoms with E-state index in [1.54, 1.807) is 35.2 Å². The minimum absolute atomic E-state index is 0.0379. The number of benzene rings is 1. The number of aromatic amines is 1. The minimum atomic E-state index is -0.649. The van der Waals surface area contributed by atoms with Crippen LogP contribution in [0.1, 0.15) is 33.6 Å². The maximum absolute atomic E-state index is 12.9. The molecule has 0 bridgehead atoms. The van der Waals surface area contributed by atoms with E-state index in [0.717, 1.165) is 12.8 Å². The largest absolute Gasteiger partial charge is 0.376 e. The molecule has 4 rings (SSSR count). The predicted octanol–water partition coefficient (Wildman–Crippen LogP) is 1.21. The number of anilines is 1. The van der Waals surface area contributed by atoms with Crippen molar-refractivity contribution < 1.29 is 14.3 Å². The normalized spacial score (nSPS) is 16.4. The summed E-state index contributed by atoms with van der Waals surface area (Å²) < 4.78 is 7.41. The molecule has 0 saturated carbocycles. The fourth-order valence-corrected chi connectivity index (χ4v) is 3.38. The Morgan fingerprint density at radius 3 is 2.86 bits per heavy atom. The SMILES string of the molecule is NC(=O)c1ccccc1NC(=O)c1cn(CC2CCCO2)cc2c(=O)[nH]nc1-2. The Kier molecular flexibility index (Phi) is 4.66. The van der Waals surface area contributed by atoms with Gasteiger partial charge in [0.15, 0.2) is 0 Å². The standard InChI is InChI=1S/C19H19N5O4/c20-17(25)12-5-1-2-6-15(12)21-18(26)13-9-24(8-11-4-3-7-28-11)10-14-16(13)22-23-19(14)27/h1-2,5-6,9-11H,3-4,7-8H2,(H2,20,25)(H,21,26)(H,23,27). The molecule has 9 nitrogen and oxygen atoms in total. The highest BCUT2D eigenvalue weighted by molar-refractivity contribution is 6.11. The summed E-state index contributed by atoms with van der Waals surface area (Å²) in [6.45, 7) is 1.24. The molecule has 1 saturated heterocycles. The molecule has 1 aromatic rings. The first-order valence-electron chi connectivity index (χ1n) is 8.93. The number of nitrogens with zero attached hydrogens (tertiary/aromatic N) is 2. The van der Waals surface area contributed by atoms with Crippen molar-refractivity contribution in [3.8, 4) is 11.3 Å². The highest BCUT2D eigenvalue weighted by atomic mass is 16.5. The average molecular weight is 381 g/mol. The van der Waals surface area contributed by atoms with Gasteiger partial charge >= 0.3 is 0 Å². The molecule has 28 heavy (non-hydrogen) atoms. The van der Waals surface area contributed by atoms with Gasteiger partial charge in [-0.3, -0.25) is 14.4 Å². The number of para-hydroxylation sites is 1. The lowest BCUT2D eigenvalue weighted by atomic mass is 10.1. The number of hydrogen-bond donors (Lipinski definition) is 3. The molecule has 4 N–H and O–H groups in total. The number of pyridine rings is 1. The van der Waals surface area contributed by atoms with Gasteiger partial charge in [-0.1, -0.05) is 12.1 Å². The molecule has 3 heterocycles. The number of primary amides is 1. The van der Waals surface area contributed by atoms with E-state index in [0.29, 0.717) is 24.4 Å². The van der Waals surface area contributed by atoms with Crippen LogP contribution in [0.15, 0.2) is 41.5 Å². The smallest absolute Gasteiger partial charge is 0.275 e. The van der Waals surface area contributed by atoms with Crippen molar-refractivity contribution in [1.82, 2.24) is 14.8 Å². The summed E-state index contributed by atoms with van der Waals surface area (Å²) in [5.74, 6) is -1.14. The van der Waals surface area contributed by atoms with E-state index in [2.05, 4.69) is 15.5 Å². The lowest BCUT2D eigenvalue weighted by molar-refractivity contribution is 0.0961. The zero-order valence-electron chi connectivity index (χ0n) is 15.0. The summed E-state index contributed by atoms with van der Waals surface area (Å²) in [6.07, 6.45) is 5.25. The second-order valence-electron chi connectivity index (χ2n) is 6.68. The molecular formula is C19H19N5O4. The third-order valence-electron chi connectivity index (χ3n) is 4.74. The number of aromatic nitrogens is 3. The Hall–Kier alpha value is -3.46. The van der Waals surface area contributed by atoms with E-state index >= 15 is 0 Å². The second kappa shape index (κ2) is 7.28. The summed E-state index contributed by atoms with van der Waals surface area (Å²) in [5, 5.41) is 9.05. The van der Waals surface area contributed by atoms with Crippen LogP contribution >= 0.6 is 0 Å². The van der Waals surface area contributed by atoms with Crippen LogP contribution in [-0.2, 0) is 11.3 Å². The lowest BCUT2D eigenvalue weighted by Gasteiger charge is -2.16. The first kappa shape index (κ1) is 17.9. The summed E-state index contributed by atoms with van der Waals surface area (Å²) in [5.41, 5.74) is 6.28. The van der Waals surface area contributed by atoms with Gasteiger partial charge < -0.3 is 20.4 Å². The summed E-state index contributed by atoms with van der Waals surface area (Å²) in [4.78, 5) is 36.6. The van der Waals surface area contributed by atoms with Crippen LogP contribution in [-0.4, -0.2) is 39.3 Å². The van der Waals surface area contributed by atoms with Gasteiger partial charge in [0, 0.05) is 25.5 Å². The highest BCUT2D eigenvalue weighted by Gasteiger charge is 2.24. The molecule has 9 heteroatoms. The van der Waals surface area contributed by atoms with Crippen LogP contribution in [0, 0.1) is 0 Å². The van der Waals surface area contributed by atoms with Crippen LogP contribution < -0.4 is 16.6 Å². The molecule has 3 aliphatic heterocycles. The van der Waals surface area contributed by atoms with Crippen molar-refractivity contribution in [1.29, 1.82) is 0 Å². The van der Waals surface area contributed by atoms with Crippen LogP contribution in [0.2, 0.25) is 0 Å². The average Bonchev–Trinajstić information content (AvgIpc) is 3.32. The van der Waals surface area contributed by atoms with E-state index < -0.39 is 11.8 Å².